The fourth-order valence-corrected chi connectivity index (χ4v) is 2.19. The minimum atomic E-state index is -0.583. The number of halogens is 1. The van der Waals surface area contributed by atoms with E-state index in [4.69, 9.17) is 11.6 Å². The smallest absolute Gasteiger partial charge is 0.273 e. The summed E-state index contributed by atoms with van der Waals surface area (Å²) in [6, 6.07) is 11.0. The summed E-state index contributed by atoms with van der Waals surface area (Å²) in [5.41, 5.74) is 0.727. The number of anilines is 2. The lowest BCUT2D eigenvalue weighted by atomic mass is 10.2. The zero-order valence-electron chi connectivity index (χ0n) is 11.0. The molecule has 0 bridgehead atoms. The summed E-state index contributed by atoms with van der Waals surface area (Å²) in [4.78, 5) is 18.3. The van der Waals surface area contributed by atoms with Gasteiger partial charge in [-0.3, -0.25) is 10.1 Å². The molecule has 3 aromatic rings. The van der Waals surface area contributed by atoms with Crippen LogP contribution >= 0.6 is 11.6 Å². The normalized spacial score (nSPS) is 10.6. The van der Waals surface area contributed by atoms with Crippen molar-refractivity contribution in [3.63, 3.8) is 0 Å². The molecule has 0 aliphatic heterocycles. The summed E-state index contributed by atoms with van der Waals surface area (Å²) in [5.74, 6) is 0.146. The number of nitrogens with zero attached hydrogens (tertiary/aromatic N) is 3. The van der Waals surface area contributed by atoms with Crippen LogP contribution in [0.4, 0.5) is 17.2 Å². The molecule has 0 aliphatic rings. The first kappa shape index (κ1) is 14.0. The van der Waals surface area contributed by atoms with Crippen molar-refractivity contribution in [3.8, 4) is 5.75 Å². The van der Waals surface area contributed by atoms with Crippen LogP contribution in [0, 0.1) is 10.1 Å². The number of hydrogen-bond acceptors (Lipinski definition) is 6. The lowest BCUT2D eigenvalue weighted by Crippen LogP contribution is -1.98. The SMILES string of the molecule is O=[N+]([O-])c1ccc(Nc2nc(Cl)nc3ccccc23)c(O)c1. The number of nitrogens with one attached hydrogen (secondary N) is 1. The van der Waals surface area contributed by atoms with Crippen molar-refractivity contribution >= 4 is 39.7 Å². The molecule has 0 spiro atoms. The number of phenolic OH excluding ortho intramolecular Hbond substituents is 1. The van der Waals surface area contributed by atoms with Gasteiger partial charge in [0.2, 0.25) is 5.28 Å². The molecule has 0 atom stereocenters. The van der Waals surface area contributed by atoms with Gasteiger partial charge in [-0.25, -0.2) is 4.98 Å². The molecule has 0 aliphatic carbocycles. The van der Waals surface area contributed by atoms with Gasteiger partial charge in [0.05, 0.1) is 22.2 Å². The molecule has 0 fully saturated rings. The Morgan fingerprint density at radius 3 is 2.68 bits per heavy atom. The lowest BCUT2D eigenvalue weighted by molar-refractivity contribution is -0.384. The summed E-state index contributed by atoms with van der Waals surface area (Å²) in [6.07, 6.45) is 0. The Hall–Kier alpha value is -2.93. The molecule has 0 unspecified atom stereocenters. The number of para-hydroxylation sites is 1. The molecule has 7 nitrogen and oxygen atoms in total. The van der Waals surface area contributed by atoms with Crippen molar-refractivity contribution in [1.29, 1.82) is 0 Å². The van der Waals surface area contributed by atoms with Gasteiger partial charge < -0.3 is 10.4 Å². The van der Waals surface area contributed by atoms with Crippen molar-refractivity contribution in [2.45, 2.75) is 0 Å². The van der Waals surface area contributed by atoms with Gasteiger partial charge in [-0.05, 0) is 29.8 Å². The van der Waals surface area contributed by atoms with Crippen LogP contribution in [-0.2, 0) is 0 Å². The maximum Gasteiger partial charge on any atom is 0.273 e. The second-order valence-electron chi connectivity index (χ2n) is 4.44. The minimum Gasteiger partial charge on any atom is -0.506 e. The van der Waals surface area contributed by atoms with Gasteiger partial charge in [0.25, 0.3) is 5.69 Å². The summed E-state index contributed by atoms with van der Waals surface area (Å²) < 4.78 is 0. The summed E-state index contributed by atoms with van der Waals surface area (Å²) in [5, 5.41) is 24.3. The van der Waals surface area contributed by atoms with Gasteiger partial charge >= 0.3 is 0 Å². The third-order valence-electron chi connectivity index (χ3n) is 3.02. The first-order valence-electron chi connectivity index (χ1n) is 6.21. The van der Waals surface area contributed by atoms with E-state index in [9.17, 15) is 15.2 Å². The highest BCUT2D eigenvalue weighted by Crippen LogP contribution is 2.32. The number of hydrogen-bond donors (Lipinski definition) is 2. The van der Waals surface area contributed by atoms with Crippen LogP contribution in [-0.4, -0.2) is 20.0 Å². The second kappa shape index (κ2) is 5.45. The predicted molar refractivity (Wildman–Crippen MR) is 82.6 cm³/mol. The average Bonchev–Trinajstić information content (AvgIpc) is 2.49. The van der Waals surface area contributed by atoms with Crippen LogP contribution in [0.25, 0.3) is 10.9 Å². The quantitative estimate of drug-likeness (QED) is 0.331. The Morgan fingerprint density at radius 2 is 1.95 bits per heavy atom. The number of fused-ring (bicyclic) bond motifs is 1. The number of rotatable bonds is 3. The molecule has 1 aromatic heterocycles. The van der Waals surface area contributed by atoms with Crippen LogP contribution in [0.3, 0.4) is 0 Å². The van der Waals surface area contributed by atoms with Crippen molar-refractivity contribution in [3.05, 3.63) is 57.9 Å². The molecule has 0 saturated carbocycles. The number of aromatic hydroxyl groups is 1. The maximum absolute atomic E-state index is 10.7. The Labute approximate surface area is 129 Å². The number of benzene rings is 2. The van der Waals surface area contributed by atoms with Gasteiger partial charge in [0.15, 0.2) is 0 Å². The number of phenols is 1. The van der Waals surface area contributed by atoms with E-state index in [-0.39, 0.29) is 22.4 Å². The Bertz CT molecular complexity index is 885. The first-order valence-corrected chi connectivity index (χ1v) is 6.59. The van der Waals surface area contributed by atoms with Crippen LogP contribution in [0.5, 0.6) is 5.75 Å². The van der Waals surface area contributed by atoms with E-state index in [0.29, 0.717) is 16.7 Å². The van der Waals surface area contributed by atoms with Crippen molar-refractivity contribution in [2.24, 2.45) is 0 Å². The second-order valence-corrected chi connectivity index (χ2v) is 4.78. The summed E-state index contributed by atoms with van der Waals surface area (Å²) in [7, 11) is 0. The molecular weight excluding hydrogens is 308 g/mol. The number of non-ortho nitro benzene ring substituents is 1. The molecule has 2 N–H and O–H groups in total. The molecule has 3 rings (SSSR count). The molecule has 0 radical (unpaired) electrons. The van der Waals surface area contributed by atoms with Gasteiger partial charge in [-0.1, -0.05) is 12.1 Å². The molecule has 8 heteroatoms. The first-order chi connectivity index (χ1) is 10.5. The van der Waals surface area contributed by atoms with E-state index in [1.54, 1.807) is 12.1 Å². The lowest BCUT2D eigenvalue weighted by Gasteiger charge is -2.10. The highest BCUT2D eigenvalue weighted by atomic mass is 35.5. The fraction of sp³-hybridized carbons (Fsp3) is 0. The Morgan fingerprint density at radius 1 is 1.18 bits per heavy atom. The van der Waals surface area contributed by atoms with Crippen molar-refractivity contribution in [2.75, 3.05) is 5.32 Å². The highest BCUT2D eigenvalue weighted by Gasteiger charge is 2.12. The van der Waals surface area contributed by atoms with Crippen LogP contribution in [0.1, 0.15) is 0 Å². The van der Waals surface area contributed by atoms with E-state index in [2.05, 4.69) is 15.3 Å². The van der Waals surface area contributed by atoms with Gasteiger partial charge in [-0.15, -0.1) is 0 Å². The van der Waals surface area contributed by atoms with Crippen LogP contribution < -0.4 is 5.32 Å². The Balaban J connectivity index is 2.05. The molecular formula is C14H9ClN4O3. The number of nitro benzene ring substituents is 1. The zero-order valence-corrected chi connectivity index (χ0v) is 11.8. The third kappa shape index (κ3) is 2.61. The minimum absolute atomic E-state index is 0.0580. The van der Waals surface area contributed by atoms with Crippen molar-refractivity contribution < 1.29 is 10.0 Å². The molecule has 2 aromatic carbocycles. The van der Waals surface area contributed by atoms with E-state index in [1.807, 2.05) is 12.1 Å². The molecule has 1 heterocycles. The van der Waals surface area contributed by atoms with E-state index in [0.717, 1.165) is 6.07 Å². The summed E-state index contributed by atoms with van der Waals surface area (Å²) in [6.45, 7) is 0. The maximum atomic E-state index is 10.7. The molecule has 0 amide bonds. The molecule has 0 saturated heterocycles. The predicted octanol–water partition coefficient (Wildman–Crippen LogP) is 3.64. The highest BCUT2D eigenvalue weighted by molar-refractivity contribution is 6.28. The monoisotopic (exact) mass is 316 g/mol. The summed E-state index contributed by atoms with van der Waals surface area (Å²) >= 11 is 5.88. The molecule has 22 heavy (non-hydrogen) atoms. The Kier molecular flexibility index (Phi) is 3.48. The third-order valence-corrected chi connectivity index (χ3v) is 3.19. The van der Waals surface area contributed by atoms with E-state index >= 15 is 0 Å². The number of aromatic nitrogens is 2. The number of nitro groups is 1. The average molecular weight is 317 g/mol. The van der Waals surface area contributed by atoms with Gasteiger partial charge in [0.1, 0.15) is 11.6 Å². The van der Waals surface area contributed by atoms with Crippen molar-refractivity contribution in [1.82, 2.24) is 9.97 Å². The van der Waals surface area contributed by atoms with Gasteiger partial charge in [-0.2, -0.15) is 4.98 Å². The standard InChI is InChI=1S/C14H9ClN4O3/c15-14-17-10-4-2-1-3-9(10)13(18-14)16-11-6-5-8(19(21)22)7-12(11)20/h1-7,20H,(H,16,17,18). The van der Waals surface area contributed by atoms with E-state index < -0.39 is 4.92 Å². The van der Waals surface area contributed by atoms with Crippen LogP contribution in [0.2, 0.25) is 5.28 Å². The fourth-order valence-electron chi connectivity index (χ4n) is 2.01. The zero-order chi connectivity index (χ0) is 15.7. The largest absolute Gasteiger partial charge is 0.506 e. The topological polar surface area (TPSA) is 101 Å². The van der Waals surface area contributed by atoms with Gasteiger partial charge in [0, 0.05) is 11.5 Å². The molecule has 110 valence electrons. The van der Waals surface area contributed by atoms with E-state index in [1.165, 1.54) is 12.1 Å². The van der Waals surface area contributed by atoms with Crippen LogP contribution in [0.15, 0.2) is 42.5 Å².